The van der Waals surface area contributed by atoms with Gasteiger partial charge in [-0.05, 0) is 43.5 Å². The molecule has 0 aliphatic rings. The lowest BCUT2D eigenvalue weighted by Gasteiger charge is -2.33. The molecule has 1 aromatic carbocycles. The van der Waals surface area contributed by atoms with E-state index in [1.54, 1.807) is 4.68 Å². The first-order valence-corrected chi connectivity index (χ1v) is 6.19. The van der Waals surface area contributed by atoms with E-state index in [1.807, 2.05) is 56.1 Å². The van der Waals surface area contributed by atoms with E-state index >= 15 is 0 Å². The molecule has 19 heavy (non-hydrogen) atoms. The molecule has 0 radical (unpaired) electrons. The summed E-state index contributed by atoms with van der Waals surface area (Å²) in [5, 5.41) is 21.2. The van der Waals surface area contributed by atoms with Gasteiger partial charge in [-0.25, -0.2) is 0 Å². The summed E-state index contributed by atoms with van der Waals surface area (Å²) in [5.74, 6) is 0.746. The van der Waals surface area contributed by atoms with E-state index in [9.17, 15) is 5.11 Å². The van der Waals surface area contributed by atoms with Crippen molar-refractivity contribution in [2.45, 2.75) is 25.9 Å². The fourth-order valence-electron chi connectivity index (χ4n) is 1.62. The third-order valence-corrected chi connectivity index (χ3v) is 3.33. The Morgan fingerprint density at radius 1 is 1.26 bits per heavy atom. The van der Waals surface area contributed by atoms with Crippen LogP contribution in [0.4, 0.5) is 0 Å². The van der Waals surface area contributed by atoms with Crippen LogP contribution < -0.4 is 0 Å². The molecule has 2 rings (SSSR count). The molecule has 0 unspecified atom stereocenters. The topological polar surface area (TPSA) is 67.1 Å². The summed E-state index contributed by atoms with van der Waals surface area (Å²) < 4.78 is 1.71. The average Bonchev–Trinajstić information content (AvgIpc) is 2.88. The molecule has 1 N–H and O–H groups in total. The predicted molar refractivity (Wildman–Crippen MR) is 71.8 cm³/mol. The summed E-state index contributed by atoms with van der Waals surface area (Å²) >= 11 is 0. The van der Waals surface area contributed by atoms with Gasteiger partial charge in [-0.1, -0.05) is 18.2 Å². The maximum absolute atomic E-state index is 9.38. The molecule has 2 aromatic rings. The third-order valence-electron chi connectivity index (χ3n) is 3.33. The van der Waals surface area contributed by atoms with Crippen molar-refractivity contribution in [2.24, 2.45) is 0 Å². The monoisotopic (exact) mass is 261 g/mol. The molecule has 0 spiro atoms. The second-order valence-corrected chi connectivity index (χ2v) is 5.17. The van der Waals surface area contributed by atoms with Crippen molar-refractivity contribution in [2.75, 3.05) is 13.7 Å². The molecule has 1 aromatic heterocycles. The SMILES string of the molecule is CN(Cc1nnnn1-c1ccccc1)C(C)(C)CO. The second-order valence-electron chi connectivity index (χ2n) is 5.17. The number of rotatable bonds is 5. The minimum atomic E-state index is -0.312. The Hall–Kier alpha value is -1.79. The second kappa shape index (κ2) is 5.46. The number of tetrazole rings is 1. The number of likely N-dealkylation sites (N-methyl/N-ethyl adjacent to an activating group) is 1. The molecule has 0 atom stereocenters. The molecule has 0 bridgehead atoms. The standard InChI is InChI=1S/C13H19N5O/c1-13(2,10-19)17(3)9-12-14-15-16-18(12)11-7-5-4-6-8-11/h4-8,19H,9-10H2,1-3H3. The Bertz CT molecular complexity index is 523. The van der Waals surface area contributed by atoms with Crippen LogP contribution in [-0.2, 0) is 6.54 Å². The number of aliphatic hydroxyl groups excluding tert-OH is 1. The molecule has 1 heterocycles. The normalized spacial score (nSPS) is 12.1. The van der Waals surface area contributed by atoms with Gasteiger partial charge in [0.05, 0.1) is 18.8 Å². The zero-order valence-electron chi connectivity index (χ0n) is 11.5. The zero-order chi connectivity index (χ0) is 13.9. The van der Waals surface area contributed by atoms with Gasteiger partial charge in [0.15, 0.2) is 5.82 Å². The van der Waals surface area contributed by atoms with E-state index < -0.39 is 0 Å². The van der Waals surface area contributed by atoms with Gasteiger partial charge in [-0.3, -0.25) is 4.90 Å². The van der Waals surface area contributed by atoms with Gasteiger partial charge < -0.3 is 5.11 Å². The van der Waals surface area contributed by atoms with E-state index in [-0.39, 0.29) is 12.1 Å². The summed E-state index contributed by atoms with van der Waals surface area (Å²) in [6, 6.07) is 9.76. The summed E-state index contributed by atoms with van der Waals surface area (Å²) in [7, 11) is 1.94. The molecule has 0 aliphatic heterocycles. The quantitative estimate of drug-likeness (QED) is 0.865. The van der Waals surface area contributed by atoms with Gasteiger partial charge in [0.25, 0.3) is 0 Å². The Balaban J connectivity index is 2.22. The highest BCUT2D eigenvalue weighted by molar-refractivity contribution is 5.30. The van der Waals surface area contributed by atoms with E-state index in [2.05, 4.69) is 15.5 Å². The van der Waals surface area contributed by atoms with Gasteiger partial charge in [0.2, 0.25) is 0 Å². The van der Waals surface area contributed by atoms with Gasteiger partial charge in [-0.15, -0.1) is 5.10 Å². The first-order valence-electron chi connectivity index (χ1n) is 6.19. The number of hydrogen-bond acceptors (Lipinski definition) is 5. The van der Waals surface area contributed by atoms with Crippen molar-refractivity contribution < 1.29 is 5.11 Å². The molecule has 0 saturated carbocycles. The minimum Gasteiger partial charge on any atom is -0.394 e. The van der Waals surface area contributed by atoms with E-state index in [0.717, 1.165) is 11.5 Å². The molecule has 0 aliphatic carbocycles. The highest BCUT2D eigenvalue weighted by Crippen LogP contribution is 2.15. The van der Waals surface area contributed by atoms with Crippen molar-refractivity contribution in [3.63, 3.8) is 0 Å². The first kappa shape index (κ1) is 13.6. The van der Waals surface area contributed by atoms with Crippen LogP contribution >= 0.6 is 0 Å². The Morgan fingerprint density at radius 2 is 1.95 bits per heavy atom. The van der Waals surface area contributed by atoms with Gasteiger partial charge in [0, 0.05) is 5.54 Å². The van der Waals surface area contributed by atoms with E-state index in [0.29, 0.717) is 6.54 Å². The molecule has 0 amide bonds. The smallest absolute Gasteiger partial charge is 0.170 e. The minimum absolute atomic E-state index is 0.0798. The Kier molecular flexibility index (Phi) is 3.92. The molecule has 0 fully saturated rings. The van der Waals surface area contributed by atoms with Gasteiger partial charge >= 0.3 is 0 Å². The summed E-state index contributed by atoms with van der Waals surface area (Å²) in [6.07, 6.45) is 0. The molecule has 6 heteroatoms. The Labute approximate surface area is 112 Å². The predicted octanol–water partition coefficient (Wildman–Crippen LogP) is 0.865. The number of aromatic nitrogens is 4. The number of para-hydroxylation sites is 1. The lowest BCUT2D eigenvalue weighted by molar-refractivity contribution is 0.0709. The van der Waals surface area contributed by atoms with Crippen LogP contribution in [0.2, 0.25) is 0 Å². The van der Waals surface area contributed by atoms with Crippen molar-refractivity contribution in [3.8, 4) is 5.69 Å². The largest absolute Gasteiger partial charge is 0.394 e. The first-order chi connectivity index (χ1) is 9.04. The van der Waals surface area contributed by atoms with Crippen LogP contribution in [0.5, 0.6) is 0 Å². The summed E-state index contributed by atoms with van der Waals surface area (Å²) in [6.45, 7) is 4.60. The lowest BCUT2D eigenvalue weighted by Crippen LogP contribution is -2.44. The number of nitrogens with zero attached hydrogens (tertiary/aromatic N) is 5. The highest BCUT2D eigenvalue weighted by atomic mass is 16.3. The average molecular weight is 261 g/mol. The number of aliphatic hydroxyl groups is 1. The van der Waals surface area contributed by atoms with Gasteiger partial charge in [0.1, 0.15) is 0 Å². The maximum Gasteiger partial charge on any atom is 0.170 e. The number of hydrogen-bond donors (Lipinski definition) is 1. The molecule has 6 nitrogen and oxygen atoms in total. The number of benzene rings is 1. The maximum atomic E-state index is 9.38. The van der Waals surface area contributed by atoms with Crippen LogP contribution in [0.15, 0.2) is 30.3 Å². The molecular weight excluding hydrogens is 242 g/mol. The van der Waals surface area contributed by atoms with Crippen LogP contribution in [0.25, 0.3) is 5.69 Å². The highest BCUT2D eigenvalue weighted by Gasteiger charge is 2.24. The Morgan fingerprint density at radius 3 is 2.58 bits per heavy atom. The summed E-state index contributed by atoms with van der Waals surface area (Å²) in [5.41, 5.74) is 0.616. The van der Waals surface area contributed by atoms with Crippen LogP contribution in [0.3, 0.4) is 0 Å². The van der Waals surface area contributed by atoms with Crippen molar-refractivity contribution in [1.29, 1.82) is 0 Å². The van der Waals surface area contributed by atoms with Crippen molar-refractivity contribution >= 4 is 0 Å². The zero-order valence-corrected chi connectivity index (χ0v) is 11.5. The fourth-order valence-corrected chi connectivity index (χ4v) is 1.62. The van der Waals surface area contributed by atoms with Crippen LogP contribution in [0.1, 0.15) is 19.7 Å². The van der Waals surface area contributed by atoms with Crippen LogP contribution in [-0.4, -0.2) is 49.4 Å². The molecule has 102 valence electrons. The third kappa shape index (κ3) is 2.97. The van der Waals surface area contributed by atoms with E-state index in [4.69, 9.17) is 0 Å². The fraction of sp³-hybridized carbons (Fsp3) is 0.462. The van der Waals surface area contributed by atoms with Gasteiger partial charge in [-0.2, -0.15) is 4.68 Å². The molecule has 0 saturated heterocycles. The molecular formula is C13H19N5O. The summed E-state index contributed by atoms with van der Waals surface area (Å²) in [4.78, 5) is 2.03. The van der Waals surface area contributed by atoms with E-state index in [1.165, 1.54) is 0 Å². The van der Waals surface area contributed by atoms with Crippen molar-refractivity contribution in [1.82, 2.24) is 25.1 Å². The lowest BCUT2D eigenvalue weighted by atomic mass is 10.1. The van der Waals surface area contributed by atoms with Crippen LogP contribution in [0, 0.1) is 0 Å². The van der Waals surface area contributed by atoms with Crippen molar-refractivity contribution in [3.05, 3.63) is 36.2 Å².